The van der Waals surface area contributed by atoms with Gasteiger partial charge in [-0.25, -0.2) is 26.8 Å². The van der Waals surface area contributed by atoms with Crippen LogP contribution in [-0.2, 0) is 52.0 Å². The number of carbonyl (C=O) groups excluding carboxylic acids is 2. The predicted molar refractivity (Wildman–Crippen MR) is 191 cm³/mol. The maximum Gasteiger partial charge on any atom is 0.326 e. The van der Waals surface area contributed by atoms with Gasteiger partial charge in [-0.3, -0.25) is 14.9 Å². The van der Waals surface area contributed by atoms with Crippen LogP contribution >= 0.6 is 11.6 Å². The van der Waals surface area contributed by atoms with Gasteiger partial charge in [0.2, 0.25) is 26.0 Å². The predicted octanol–water partition coefficient (Wildman–Crippen LogP) is 2.24. The third-order valence-electron chi connectivity index (χ3n) is 8.71. The van der Waals surface area contributed by atoms with Crippen LogP contribution in [0, 0.1) is 0 Å². The molecule has 0 bridgehead atoms. The molecule has 0 spiro atoms. The molecular weight excluding hydrogens is 738 g/mol. The molecule has 0 radical (unpaired) electrons. The van der Waals surface area contributed by atoms with Crippen LogP contribution in [0.3, 0.4) is 0 Å². The molecule has 3 aromatic rings. The molecule has 5 rings (SSSR count). The van der Waals surface area contributed by atoms with E-state index in [1.54, 1.807) is 38.1 Å². The summed E-state index contributed by atoms with van der Waals surface area (Å²) in [6.45, 7) is 3.45. The molecule has 1 saturated heterocycles. The second kappa shape index (κ2) is 16.2. The third kappa shape index (κ3) is 9.39. The number of amides is 1. The van der Waals surface area contributed by atoms with Gasteiger partial charge in [-0.05, 0) is 62.1 Å². The molecule has 1 unspecified atom stereocenters. The number of nitrogens with two attached hydrogens (primary N) is 1. The Morgan fingerprint density at radius 3 is 2.42 bits per heavy atom. The zero-order chi connectivity index (χ0) is 37.8. The fraction of sp³-hybridized carbons (Fsp3) is 0.382. The average molecular weight is 778 g/mol. The van der Waals surface area contributed by atoms with Crippen LogP contribution < -0.4 is 25.2 Å². The van der Waals surface area contributed by atoms with E-state index in [4.69, 9.17) is 26.2 Å². The number of carbonyl (C=O) groups is 3. The highest BCUT2D eigenvalue weighted by molar-refractivity contribution is 7.90. The molecule has 1 amide bonds. The number of hydrogen-bond donors (Lipinski definition) is 5. The van der Waals surface area contributed by atoms with Gasteiger partial charge in [0.15, 0.2) is 0 Å². The minimum absolute atomic E-state index is 0.000569. The monoisotopic (exact) mass is 777 g/mol. The summed E-state index contributed by atoms with van der Waals surface area (Å²) in [5, 5.41) is 21.0. The number of likely N-dealkylation sites (tertiary alicyclic amines) is 1. The van der Waals surface area contributed by atoms with Crippen LogP contribution in [0.5, 0.6) is 5.75 Å². The molecule has 15 nitrogen and oxygen atoms in total. The number of carboxylic acids is 1. The summed E-state index contributed by atoms with van der Waals surface area (Å²) in [6.07, 6.45) is -0.288. The van der Waals surface area contributed by atoms with Gasteiger partial charge in [0.1, 0.15) is 33.7 Å². The van der Waals surface area contributed by atoms with Gasteiger partial charge >= 0.3 is 11.9 Å². The molecule has 3 aromatic carbocycles. The van der Waals surface area contributed by atoms with Crippen molar-refractivity contribution in [2.75, 3.05) is 18.5 Å². The van der Waals surface area contributed by atoms with Crippen molar-refractivity contribution in [3.63, 3.8) is 0 Å². The Morgan fingerprint density at radius 1 is 1.10 bits per heavy atom. The fourth-order valence-electron chi connectivity index (χ4n) is 6.23. The molecular formula is C34H40ClN5O10S2. The van der Waals surface area contributed by atoms with Crippen molar-refractivity contribution >= 4 is 55.2 Å². The summed E-state index contributed by atoms with van der Waals surface area (Å²) in [7, 11) is -8.38. The minimum Gasteiger partial charge on any atom is -0.488 e. The summed E-state index contributed by atoms with van der Waals surface area (Å²) in [5.74, 6) is -1.76. The maximum atomic E-state index is 13.6. The Bertz CT molecular complexity index is 2020. The van der Waals surface area contributed by atoms with Gasteiger partial charge in [0, 0.05) is 12.8 Å². The van der Waals surface area contributed by atoms with Crippen molar-refractivity contribution in [1.29, 1.82) is 0 Å². The number of rotatable bonds is 14. The van der Waals surface area contributed by atoms with Crippen molar-refractivity contribution in [1.82, 2.24) is 14.9 Å². The number of carboxylic acid groups (broad SMARTS) is 1. The Balaban J connectivity index is 1.20. The Labute approximate surface area is 306 Å². The SMILES string of the molecule is CCOC(=O)[C@H](CCc1ccccc1)N[C@@H](C)C(=O)N1C[C@@H](Oc2ccc(CC3Nc4cc(Cl)c(S(N)(=O)=O)cc4S(=O)(=O)N3)cc2)C[C@H]1C(=O)O. The number of aliphatic carboxylic acids is 1. The Hall–Kier alpha value is -4.26. The van der Waals surface area contributed by atoms with Crippen LogP contribution in [-0.4, -0.2) is 88.2 Å². The maximum absolute atomic E-state index is 13.6. The first-order valence-electron chi connectivity index (χ1n) is 16.5. The topological polar surface area (TPSA) is 224 Å². The van der Waals surface area contributed by atoms with E-state index in [0.29, 0.717) is 24.2 Å². The van der Waals surface area contributed by atoms with Crippen LogP contribution in [0.15, 0.2) is 76.5 Å². The number of nitrogens with one attached hydrogen (secondary N) is 3. The lowest BCUT2D eigenvalue weighted by molar-refractivity contribution is -0.150. The van der Waals surface area contributed by atoms with Crippen LogP contribution in [0.1, 0.15) is 37.8 Å². The van der Waals surface area contributed by atoms with E-state index in [1.165, 1.54) is 11.0 Å². The van der Waals surface area contributed by atoms with E-state index < -0.39 is 73.2 Å². The zero-order valence-corrected chi connectivity index (χ0v) is 30.7. The van der Waals surface area contributed by atoms with Gasteiger partial charge in [-0.1, -0.05) is 54.1 Å². The first kappa shape index (κ1) is 39.0. The molecule has 18 heteroatoms. The quantitative estimate of drug-likeness (QED) is 0.149. The zero-order valence-electron chi connectivity index (χ0n) is 28.3. The summed E-state index contributed by atoms with van der Waals surface area (Å²) in [6, 6.07) is 15.6. The van der Waals surface area contributed by atoms with Gasteiger partial charge in [-0.2, -0.15) is 4.72 Å². The number of sulfonamides is 2. The minimum atomic E-state index is -4.26. The molecule has 2 aliphatic rings. The fourth-order valence-corrected chi connectivity index (χ4v) is 8.73. The lowest BCUT2D eigenvalue weighted by Crippen LogP contribution is -2.53. The standard InChI is InChI=1S/C34H40ClN5O10S2/c1-3-49-34(44)26(14-11-21-7-5-4-6-8-21)37-20(2)32(41)40-19-24(16-28(40)33(42)43)50-23-12-9-22(10-13-23)15-31-38-27-17-25(35)29(51(36,45)46)18-30(27)52(47,48)39-31/h4-10,12-13,17-18,20,24,26,28,31,37-39H,3,11,14-16,19H2,1-2H3,(H,42,43)(H2,36,45,46)/t20-,24-,26-,28-,31?/m0/s1. The number of benzene rings is 3. The summed E-state index contributed by atoms with van der Waals surface area (Å²) in [5.41, 5.74) is 1.84. The molecule has 280 valence electrons. The molecule has 2 aliphatic heterocycles. The molecule has 52 heavy (non-hydrogen) atoms. The Kier molecular flexibility index (Phi) is 12.1. The number of primary sulfonamides is 1. The average Bonchev–Trinajstić information content (AvgIpc) is 3.50. The van der Waals surface area contributed by atoms with Crippen molar-refractivity contribution < 1.29 is 45.8 Å². The van der Waals surface area contributed by atoms with Crippen LogP contribution in [0.4, 0.5) is 5.69 Å². The molecule has 1 fully saturated rings. The lowest BCUT2D eigenvalue weighted by Gasteiger charge is -2.28. The number of anilines is 1. The number of ether oxygens (including phenoxy) is 2. The normalized spacial score (nSPS) is 20.6. The molecule has 6 N–H and O–H groups in total. The second-order valence-electron chi connectivity index (χ2n) is 12.5. The van der Waals surface area contributed by atoms with E-state index in [2.05, 4.69) is 15.4 Å². The van der Waals surface area contributed by atoms with Gasteiger partial charge < -0.3 is 24.8 Å². The van der Waals surface area contributed by atoms with Crippen LogP contribution in [0.25, 0.3) is 0 Å². The molecule has 0 saturated carbocycles. The highest BCUT2D eigenvalue weighted by atomic mass is 35.5. The van der Waals surface area contributed by atoms with E-state index >= 15 is 0 Å². The lowest BCUT2D eigenvalue weighted by atomic mass is 10.0. The highest BCUT2D eigenvalue weighted by Crippen LogP contribution is 2.34. The van der Waals surface area contributed by atoms with Crippen molar-refractivity contribution in [3.05, 3.63) is 82.9 Å². The molecule has 0 aromatic heterocycles. The van der Waals surface area contributed by atoms with Gasteiger partial charge in [0.25, 0.3) is 0 Å². The Morgan fingerprint density at radius 2 is 1.79 bits per heavy atom. The van der Waals surface area contributed by atoms with Gasteiger partial charge in [0.05, 0.1) is 36.1 Å². The van der Waals surface area contributed by atoms with E-state index in [9.17, 15) is 36.3 Å². The van der Waals surface area contributed by atoms with E-state index in [-0.39, 0.29) is 41.6 Å². The third-order valence-corrected chi connectivity index (χ3v) is 11.6. The van der Waals surface area contributed by atoms with Crippen LogP contribution in [0.2, 0.25) is 5.02 Å². The summed E-state index contributed by atoms with van der Waals surface area (Å²) < 4.78 is 63.3. The van der Waals surface area contributed by atoms with E-state index in [1.807, 2.05) is 30.3 Å². The number of hydrogen-bond acceptors (Lipinski definition) is 11. The van der Waals surface area contributed by atoms with E-state index in [0.717, 1.165) is 11.6 Å². The smallest absolute Gasteiger partial charge is 0.326 e. The molecule has 5 atom stereocenters. The first-order chi connectivity index (χ1) is 24.5. The molecule has 0 aliphatic carbocycles. The summed E-state index contributed by atoms with van der Waals surface area (Å²) in [4.78, 5) is 39.0. The van der Waals surface area contributed by atoms with Gasteiger partial charge in [-0.15, -0.1) is 0 Å². The first-order valence-corrected chi connectivity index (χ1v) is 19.9. The second-order valence-corrected chi connectivity index (χ2v) is 16.1. The molecule has 2 heterocycles. The highest BCUT2D eigenvalue weighted by Gasteiger charge is 2.42. The number of nitrogens with zero attached hydrogens (tertiary/aromatic N) is 1. The van der Waals surface area contributed by atoms with Crippen molar-refractivity contribution in [2.24, 2.45) is 5.14 Å². The van der Waals surface area contributed by atoms with Crippen molar-refractivity contribution in [2.45, 2.75) is 79.7 Å². The number of esters is 1. The number of fused-ring (bicyclic) bond motifs is 1. The van der Waals surface area contributed by atoms with Crippen molar-refractivity contribution in [3.8, 4) is 5.75 Å². The largest absolute Gasteiger partial charge is 0.488 e. The number of halogens is 1. The summed E-state index contributed by atoms with van der Waals surface area (Å²) >= 11 is 6.07. The number of aryl methyl sites for hydroxylation is 1.